The van der Waals surface area contributed by atoms with Gasteiger partial charge in [-0.15, -0.1) is 0 Å². The molecular weight excluding hydrogens is 186 g/mol. The zero-order valence-electron chi connectivity index (χ0n) is 7.73. The molecule has 1 aromatic heterocycles. The molecule has 4 heteroatoms. The van der Waals surface area contributed by atoms with Gasteiger partial charge in [0.1, 0.15) is 0 Å². The Morgan fingerprint density at radius 2 is 2.31 bits per heavy atom. The van der Waals surface area contributed by atoms with Gasteiger partial charge in [0.2, 0.25) is 0 Å². The molecule has 3 N–H and O–H groups in total. The molecule has 0 bridgehead atoms. The lowest BCUT2D eigenvalue weighted by Crippen LogP contribution is -2.22. The number of nitrogens with one attached hydrogen (secondary N) is 1. The fourth-order valence-electron chi connectivity index (χ4n) is 1.50. The highest BCUT2D eigenvalue weighted by Gasteiger charge is 2.37. The summed E-state index contributed by atoms with van der Waals surface area (Å²) in [7, 11) is 0. The number of nitrogens with zero attached hydrogens (tertiary/aromatic N) is 1. The normalized spacial score (nSPS) is 19.0. The Labute approximate surface area is 82.7 Å². The van der Waals surface area contributed by atoms with Crippen molar-refractivity contribution in [3.8, 4) is 0 Å². The Morgan fingerprint density at radius 1 is 1.62 bits per heavy atom. The molecule has 0 spiro atoms. The molecule has 1 fully saturated rings. The van der Waals surface area contributed by atoms with E-state index in [9.17, 15) is 0 Å². The van der Waals surface area contributed by atoms with Crippen molar-refractivity contribution in [1.29, 1.82) is 0 Å². The third kappa shape index (κ3) is 1.86. The SMILES string of the molecule is Cc1[nH]nc(Cl)c1CCC1(N)CC1. The van der Waals surface area contributed by atoms with E-state index < -0.39 is 0 Å². The predicted molar refractivity (Wildman–Crippen MR) is 52.8 cm³/mol. The number of halogens is 1. The van der Waals surface area contributed by atoms with Crippen molar-refractivity contribution in [2.45, 2.75) is 38.1 Å². The summed E-state index contributed by atoms with van der Waals surface area (Å²) in [5, 5.41) is 7.41. The second-order valence-electron chi connectivity index (χ2n) is 3.98. The molecule has 0 aromatic carbocycles. The Balaban J connectivity index is 2.00. The summed E-state index contributed by atoms with van der Waals surface area (Å²) in [6, 6.07) is 0. The number of aromatic nitrogens is 2. The molecule has 0 amide bonds. The van der Waals surface area contributed by atoms with Crippen molar-refractivity contribution >= 4 is 11.6 Å². The minimum absolute atomic E-state index is 0.104. The lowest BCUT2D eigenvalue weighted by atomic mass is 10.1. The van der Waals surface area contributed by atoms with Gasteiger partial charge in [-0.1, -0.05) is 11.6 Å². The molecular formula is C9H14ClN3. The molecule has 0 atom stereocenters. The van der Waals surface area contributed by atoms with Gasteiger partial charge in [0.25, 0.3) is 0 Å². The van der Waals surface area contributed by atoms with Crippen molar-refractivity contribution in [2.24, 2.45) is 5.73 Å². The van der Waals surface area contributed by atoms with Crippen molar-refractivity contribution in [3.63, 3.8) is 0 Å². The van der Waals surface area contributed by atoms with Gasteiger partial charge < -0.3 is 5.73 Å². The second-order valence-corrected chi connectivity index (χ2v) is 4.34. The smallest absolute Gasteiger partial charge is 0.154 e. The largest absolute Gasteiger partial charge is 0.325 e. The molecule has 3 nitrogen and oxygen atoms in total. The zero-order valence-corrected chi connectivity index (χ0v) is 8.49. The molecule has 72 valence electrons. The first-order chi connectivity index (χ1) is 6.11. The molecule has 1 aromatic rings. The third-order valence-electron chi connectivity index (χ3n) is 2.79. The number of nitrogens with two attached hydrogens (primary N) is 1. The minimum Gasteiger partial charge on any atom is -0.325 e. The van der Waals surface area contributed by atoms with Gasteiger partial charge in [0.05, 0.1) is 0 Å². The minimum atomic E-state index is 0.104. The molecule has 0 saturated heterocycles. The third-order valence-corrected chi connectivity index (χ3v) is 3.10. The van der Waals surface area contributed by atoms with Gasteiger partial charge in [0.15, 0.2) is 5.15 Å². The summed E-state index contributed by atoms with van der Waals surface area (Å²) < 4.78 is 0. The van der Waals surface area contributed by atoms with Crippen LogP contribution in [0.1, 0.15) is 30.5 Å². The summed E-state index contributed by atoms with van der Waals surface area (Å²) in [6.07, 6.45) is 4.27. The Bertz CT molecular complexity index is 295. The molecule has 13 heavy (non-hydrogen) atoms. The van der Waals surface area contributed by atoms with E-state index in [0.717, 1.165) is 36.9 Å². The maximum absolute atomic E-state index is 5.99. The van der Waals surface area contributed by atoms with E-state index in [2.05, 4.69) is 10.2 Å². The van der Waals surface area contributed by atoms with Crippen LogP contribution in [0.25, 0.3) is 0 Å². The average Bonchev–Trinajstić information content (AvgIpc) is 2.72. The topological polar surface area (TPSA) is 54.7 Å². The van der Waals surface area contributed by atoms with Crippen molar-refractivity contribution in [1.82, 2.24) is 10.2 Å². The quantitative estimate of drug-likeness (QED) is 0.780. The molecule has 0 unspecified atom stereocenters. The van der Waals surface area contributed by atoms with E-state index >= 15 is 0 Å². The highest BCUT2D eigenvalue weighted by molar-refractivity contribution is 6.30. The number of H-pyrrole nitrogens is 1. The van der Waals surface area contributed by atoms with Gasteiger partial charge in [-0.25, -0.2) is 0 Å². The van der Waals surface area contributed by atoms with E-state index in [1.807, 2.05) is 6.92 Å². The van der Waals surface area contributed by atoms with Gasteiger partial charge in [-0.2, -0.15) is 5.10 Å². The molecule has 1 saturated carbocycles. The van der Waals surface area contributed by atoms with Gasteiger partial charge >= 0.3 is 0 Å². The summed E-state index contributed by atoms with van der Waals surface area (Å²) in [6.45, 7) is 1.99. The van der Waals surface area contributed by atoms with Crippen LogP contribution < -0.4 is 5.73 Å². The van der Waals surface area contributed by atoms with E-state index in [1.165, 1.54) is 0 Å². The number of hydrogen-bond donors (Lipinski definition) is 2. The Hall–Kier alpha value is -0.540. The van der Waals surface area contributed by atoms with Crippen LogP contribution in [-0.4, -0.2) is 15.7 Å². The summed E-state index contributed by atoms with van der Waals surface area (Å²) in [5.41, 5.74) is 8.28. The molecule has 1 aliphatic rings. The Morgan fingerprint density at radius 3 is 2.77 bits per heavy atom. The van der Waals surface area contributed by atoms with Crippen molar-refractivity contribution in [3.05, 3.63) is 16.4 Å². The van der Waals surface area contributed by atoms with Crippen LogP contribution in [0.3, 0.4) is 0 Å². The standard InChI is InChI=1S/C9H14ClN3/c1-6-7(8(10)13-12-6)2-3-9(11)4-5-9/h2-5,11H2,1H3,(H,12,13). The predicted octanol–water partition coefficient (Wildman–Crippen LogP) is 1.80. The number of rotatable bonds is 3. The molecule has 1 aliphatic carbocycles. The van der Waals surface area contributed by atoms with Crippen LogP contribution in [-0.2, 0) is 6.42 Å². The highest BCUT2D eigenvalue weighted by atomic mass is 35.5. The van der Waals surface area contributed by atoms with Crippen molar-refractivity contribution in [2.75, 3.05) is 0 Å². The van der Waals surface area contributed by atoms with Crippen LogP contribution in [0.4, 0.5) is 0 Å². The van der Waals surface area contributed by atoms with Crippen LogP contribution in [0, 0.1) is 6.92 Å². The lowest BCUT2D eigenvalue weighted by molar-refractivity contribution is 0.608. The second kappa shape index (κ2) is 3.00. The fourth-order valence-corrected chi connectivity index (χ4v) is 1.78. The van der Waals surface area contributed by atoms with E-state index in [-0.39, 0.29) is 5.54 Å². The van der Waals surface area contributed by atoms with Gasteiger partial charge in [0, 0.05) is 16.8 Å². The number of aromatic amines is 1. The van der Waals surface area contributed by atoms with Crippen LogP contribution >= 0.6 is 11.6 Å². The molecule has 1 heterocycles. The summed E-state index contributed by atoms with van der Waals surface area (Å²) in [4.78, 5) is 0. The number of aryl methyl sites for hydroxylation is 1. The highest BCUT2D eigenvalue weighted by Crippen LogP contribution is 2.37. The number of hydrogen-bond acceptors (Lipinski definition) is 2. The van der Waals surface area contributed by atoms with E-state index in [1.54, 1.807) is 0 Å². The summed E-state index contributed by atoms with van der Waals surface area (Å²) >= 11 is 5.91. The Kier molecular flexibility index (Phi) is 2.08. The maximum Gasteiger partial charge on any atom is 0.154 e. The van der Waals surface area contributed by atoms with E-state index in [4.69, 9.17) is 17.3 Å². The first kappa shape index (κ1) is 9.03. The molecule has 0 radical (unpaired) electrons. The average molecular weight is 200 g/mol. The molecule has 0 aliphatic heterocycles. The molecule has 2 rings (SSSR count). The van der Waals surface area contributed by atoms with Gasteiger partial charge in [-0.05, 0) is 32.6 Å². The van der Waals surface area contributed by atoms with Gasteiger partial charge in [-0.3, -0.25) is 5.10 Å². The maximum atomic E-state index is 5.99. The van der Waals surface area contributed by atoms with Crippen molar-refractivity contribution < 1.29 is 0 Å². The summed E-state index contributed by atoms with van der Waals surface area (Å²) in [5.74, 6) is 0. The fraction of sp³-hybridized carbons (Fsp3) is 0.667. The van der Waals surface area contributed by atoms with Crippen LogP contribution in [0.2, 0.25) is 5.15 Å². The van der Waals surface area contributed by atoms with Crippen LogP contribution in [0.5, 0.6) is 0 Å². The van der Waals surface area contributed by atoms with Crippen LogP contribution in [0.15, 0.2) is 0 Å². The van der Waals surface area contributed by atoms with E-state index in [0.29, 0.717) is 5.15 Å². The zero-order chi connectivity index (χ0) is 9.47. The monoisotopic (exact) mass is 199 g/mol. The first-order valence-electron chi connectivity index (χ1n) is 4.59. The lowest BCUT2D eigenvalue weighted by Gasteiger charge is -2.07. The first-order valence-corrected chi connectivity index (χ1v) is 4.97.